The third-order valence-electron chi connectivity index (χ3n) is 5.74. The van der Waals surface area contributed by atoms with E-state index in [1.54, 1.807) is 6.21 Å². The van der Waals surface area contributed by atoms with Crippen LogP contribution in [0, 0.1) is 23.0 Å². The Balaban J connectivity index is 1.26. The van der Waals surface area contributed by atoms with Crippen molar-refractivity contribution in [1.82, 2.24) is 20.6 Å². The van der Waals surface area contributed by atoms with Gasteiger partial charge in [-0.2, -0.15) is 10.3 Å². The van der Waals surface area contributed by atoms with Crippen LogP contribution in [0.4, 0.5) is 19.4 Å². The van der Waals surface area contributed by atoms with E-state index in [0.29, 0.717) is 17.9 Å². The predicted molar refractivity (Wildman–Crippen MR) is 134 cm³/mol. The maximum Gasteiger partial charge on any atom is 0.343 e. The number of fused-ring (bicyclic) bond motifs is 1. The summed E-state index contributed by atoms with van der Waals surface area (Å²) in [4.78, 5) is 40.5. The molecular formula is C26H18F2N8O2. The summed E-state index contributed by atoms with van der Waals surface area (Å²) in [7, 11) is 0. The van der Waals surface area contributed by atoms with E-state index >= 15 is 0 Å². The highest BCUT2D eigenvalue weighted by molar-refractivity contribution is 6.21. The highest BCUT2D eigenvalue weighted by atomic mass is 19.2. The lowest BCUT2D eigenvalue weighted by Crippen LogP contribution is -2.31. The van der Waals surface area contributed by atoms with Crippen LogP contribution in [0.1, 0.15) is 32.9 Å². The van der Waals surface area contributed by atoms with E-state index in [1.165, 1.54) is 12.3 Å². The minimum Gasteiger partial charge on any atom is -0.364 e. The molecule has 0 bridgehead atoms. The van der Waals surface area contributed by atoms with Gasteiger partial charge in [0.15, 0.2) is 34.7 Å². The van der Waals surface area contributed by atoms with Crippen molar-refractivity contribution >= 4 is 35.4 Å². The summed E-state index contributed by atoms with van der Waals surface area (Å²) in [5.74, 6) is -2.05. The minimum atomic E-state index is -1.02. The summed E-state index contributed by atoms with van der Waals surface area (Å²) in [6, 6.07) is 12.0. The van der Waals surface area contributed by atoms with Crippen LogP contribution in [0.2, 0.25) is 0 Å². The fourth-order valence-corrected chi connectivity index (χ4v) is 3.80. The third-order valence-corrected chi connectivity index (χ3v) is 5.74. The Morgan fingerprint density at radius 3 is 2.63 bits per heavy atom. The van der Waals surface area contributed by atoms with Gasteiger partial charge in [0.1, 0.15) is 12.1 Å². The van der Waals surface area contributed by atoms with Gasteiger partial charge in [0, 0.05) is 19.3 Å². The lowest BCUT2D eigenvalue weighted by molar-refractivity contribution is 0.0946. The molecule has 0 radical (unpaired) electrons. The van der Waals surface area contributed by atoms with Crippen LogP contribution < -0.4 is 16.0 Å². The van der Waals surface area contributed by atoms with Gasteiger partial charge in [-0.3, -0.25) is 4.79 Å². The van der Waals surface area contributed by atoms with Crippen molar-refractivity contribution in [2.24, 2.45) is 9.98 Å². The summed E-state index contributed by atoms with van der Waals surface area (Å²) in [5, 5.41) is 17.5. The molecule has 2 aliphatic rings. The molecule has 188 valence electrons. The maximum atomic E-state index is 13.5. The first-order valence-corrected chi connectivity index (χ1v) is 11.4. The molecule has 12 heteroatoms. The molecule has 3 amide bonds. The molecule has 2 aromatic carbocycles. The number of dihydropyridines is 1. The molecule has 10 nitrogen and oxygen atoms in total. The van der Waals surface area contributed by atoms with Crippen LogP contribution >= 0.6 is 0 Å². The summed E-state index contributed by atoms with van der Waals surface area (Å²) in [5.41, 5.74) is 2.81. The van der Waals surface area contributed by atoms with E-state index in [-0.39, 0.29) is 29.8 Å². The number of rotatable bonds is 7. The van der Waals surface area contributed by atoms with Gasteiger partial charge in [-0.05, 0) is 40.5 Å². The van der Waals surface area contributed by atoms with E-state index in [4.69, 9.17) is 0 Å². The second-order valence-corrected chi connectivity index (χ2v) is 8.32. The second kappa shape index (κ2) is 10.4. The average molecular weight is 512 g/mol. The molecule has 3 heterocycles. The van der Waals surface area contributed by atoms with E-state index in [9.17, 15) is 23.6 Å². The Labute approximate surface area is 214 Å². The number of carbonyl (C=O) groups excluding carboxylic acids is 2. The standard InChI is InChI=1S/C26H18F2N8O2/c27-19-6-3-15(7-20(19)28)11-33-25(37)22-24(32-13-18(9-29)34-22)30-10-14-1-4-16(5-2-14)17-8-21-23(31-12-17)36-26(38)35-21/h1-8,12-13,21H,10-11H2,(H,30,32)(H,33,37)(H,35,38). The molecule has 0 saturated carbocycles. The van der Waals surface area contributed by atoms with Crippen molar-refractivity contribution in [3.63, 3.8) is 0 Å². The lowest BCUT2D eigenvalue weighted by Gasteiger charge is -2.14. The fourth-order valence-electron chi connectivity index (χ4n) is 3.80. The SMILES string of the molecule is N#Cc1cnc(NCc2ccc(C3=CC4NC(=O)N=C4N=C3)cc2)c(C(=O)NCc2ccc(F)c(F)c2)n1. The van der Waals surface area contributed by atoms with Gasteiger partial charge in [-0.25, -0.2) is 28.5 Å². The van der Waals surface area contributed by atoms with Crippen LogP contribution in [0.15, 0.2) is 64.7 Å². The number of halogens is 2. The number of urea groups is 1. The normalized spacial score (nSPS) is 15.6. The summed E-state index contributed by atoms with van der Waals surface area (Å²) in [6.07, 6.45) is 4.77. The largest absolute Gasteiger partial charge is 0.364 e. The average Bonchev–Trinajstić information content (AvgIpc) is 3.31. The Kier molecular flexibility index (Phi) is 6.65. The molecule has 38 heavy (non-hydrogen) atoms. The van der Waals surface area contributed by atoms with Crippen molar-refractivity contribution < 1.29 is 18.4 Å². The number of hydrogen-bond acceptors (Lipinski definition) is 7. The topological polar surface area (TPSA) is 145 Å². The number of aromatic nitrogens is 2. The number of nitriles is 1. The molecule has 3 aromatic rings. The van der Waals surface area contributed by atoms with E-state index in [0.717, 1.165) is 28.8 Å². The van der Waals surface area contributed by atoms with Crippen LogP contribution in [-0.4, -0.2) is 40.0 Å². The minimum absolute atomic E-state index is 0.0491. The molecule has 0 aliphatic carbocycles. The first-order chi connectivity index (χ1) is 18.4. The van der Waals surface area contributed by atoms with E-state index in [2.05, 4.69) is 35.9 Å². The van der Waals surface area contributed by atoms with Crippen molar-refractivity contribution in [1.29, 1.82) is 5.26 Å². The van der Waals surface area contributed by atoms with Crippen LogP contribution in [-0.2, 0) is 13.1 Å². The van der Waals surface area contributed by atoms with Gasteiger partial charge in [-0.1, -0.05) is 30.3 Å². The smallest absolute Gasteiger partial charge is 0.343 e. The van der Waals surface area contributed by atoms with Crippen LogP contribution in [0.5, 0.6) is 0 Å². The molecule has 5 rings (SSSR count). The first kappa shape index (κ1) is 24.4. The second-order valence-electron chi connectivity index (χ2n) is 8.32. The number of hydrogen-bond donors (Lipinski definition) is 3. The number of aliphatic imine (C=N–C) groups is 2. The lowest BCUT2D eigenvalue weighted by atomic mass is 10.0. The molecule has 1 atom stereocenters. The summed E-state index contributed by atoms with van der Waals surface area (Å²) in [6.45, 7) is 0.222. The Bertz CT molecular complexity index is 1580. The monoisotopic (exact) mass is 512 g/mol. The summed E-state index contributed by atoms with van der Waals surface area (Å²) >= 11 is 0. The summed E-state index contributed by atoms with van der Waals surface area (Å²) < 4.78 is 26.6. The number of nitrogens with zero attached hydrogens (tertiary/aromatic N) is 5. The Hall–Kier alpha value is -5.31. The molecule has 0 spiro atoms. The number of carbonyl (C=O) groups is 2. The molecule has 1 unspecified atom stereocenters. The van der Waals surface area contributed by atoms with Gasteiger partial charge in [0.25, 0.3) is 5.91 Å². The zero-order valence-corrected chi connectivity index (χ0v) is 19.6. The van der Waals surface area contributed by atoms with Crippen LogP contribution in [0.3, 0.4) is 0 Å². The Morgan fingerprint density at radius 1 is 1.08 bits per heavy atom. The van der Waals surface area contributed by atoms with Crippen molar-refractivity contribution in [3.8, 4) is 6.07 Å². The number of benzene rings is 2. The number of amides is 3. The molecule has 2 aliphatic heterocycles. The molecule has 1 aromatic heterocycles. The number of amidine groups is 1. The van der Waals surface area contributed by atoms with Crippen molar-refractivity contribution in [3.05, 3.63) is 94.5 Å². The molecular weight excluding hydrogens is 494 g/mol. The van der Waals surface area contributed by atoms with Gasteiger partial charge in [0.05, 0.1) is 6.20 Å². The highest BCUT2D eigenvalue weighted by Gasteiger charge is 2.26. The number of nitrogens with one attached hydrogen (secondary N) is 3. The van der Waals surface area contributed by atoms with Gasteiger partial charge >= 0.3 is 6.03 Å². The highest BCUT2D eigenvalue weighted by Crippen LogP contribution is 2.21. The predicted octanol–water partition coefficient (Wildman–Crippen LogP) is 3.13. The molecule has 0 saturated heterocycles. The van der Waals surface area contributed by atoms with E-state index in [1.807, 2.05) is 36.4 Å². The molecule has 3 N–H and O–H groups in total. The maximum absolute atomic E-state index is 13.5. The zero-order chi connectivity index (χ0) is 26.6. The van der Waals surface area contributed by atoms with Gasteiger partial charge in [-0.15, -0.1) is 0 Å². The molecule has 0 fully saturated rings. The van der Waals surface area contributed by atoms with Gasteiger partial charge in [0.2, 0.25) is 0 Å². The third kappa shape index (κ3) is 5.26. The quantitative estimate of drug-likeness (QED) is 0.444. The number of allylic oxidation sites excluding steroid dienone is 1. The van der Waals surface area contributed by atoms with Crippen LogP contribution in [0.25, 0.3) is 5.57 Å². The van der Waals surface area contributed by atoms with E-state index < -0.39 is 23.6 Å². The number of anilines is 1. The van der Waals surface area contributed by atoms with Crippen molar-refractivity contribution in [2.75, 3.05) is 5.32 Å². The Morgan fingerprint density at radius 2 is 1.87 bits per heavy atom. The fraction of sp³-hybridized carbons (Fsp3) is 0.115. The van der Waals surface area contributed by atoms with Crippen molar-refractivity contribution in [2.45, 2.75) is 19.1 Å². The first-order valence-electron chi connectivity index (χ1n) is 11.4. The zero-order valence-electron chi connectivity index (χ0n) is 19.6. The van der Waals surface area contributed by atoms with Gasteiger partial charge < -0.3 is 16.0 Å².